The molecule has 6 heteroatoms. The molecule has 0 atom stereocenters. The van der Waals surface area contributed by atoms with Gasteiger partial charge in [0.1, 0.15) is 0 Å². The second kappa shape index (κ2) is 7.89. The Kier molecular flexibility index (Phi) is 5.60. The average molecular weight is 416 g/mol. The number of amides is 1. The van der Waals surface area contributed by atoms with Gasteiger partial charge in [-0.2, -0.15) is 0 Å². The van der Waals surface area contributed by atoms with Gasteiger partial charge >= 0.3 is 0 Å². The van der Waals surface area contributed by atoms with Crippen molar-refractivity contribution in [1.29, 1.82) is 0 Å². The molecule has 128 valence electrons. The minimum absolute atomic E-state index is 0.0532. The standard InChI is InChI=1S/C19H18BrN3OS/c1-13-3-8-17(14(2)11-13)23-10-9-21-19(23)25-12-18(24)22-16-6-4-15(20)5-7-16/h3-11H,12H2,1-2H3,(H,22,24). The maximum Gasteiger partial charge on any atom is 0.234 e. The van der Waals surface area contributed by atoms with E-state index in [1.165, 1.54) is 22.9 Å². The molecule has 25 heavy (non-hydrogen) atoms. The highest BCUT2D eigenvalue weighted by molar-refractivity contribution is 9.10. The number of carbonyl (C=O) groups excluding carboxylic acids is 1. The summed E-state index contributed by atoms with van der Waals surface area (Å²) in [6.07, 6.45) is 3.68. The van der Waals surface area contributed by atoms with Crippen LogP contribution in [0.15, 0.2) is 64.5 Å². The molecule has 0 spiro atoms. The SMILES string of the molecule is Cc1ccc(-n2ccnc2SCC(=O)Nc2ccc(Br)cc2)c(C)c1. The molecular weight excluding hydrogens is 398 g/mol. The van der Waals surface area contributed by atoms with E-state index in [2.05, 4.69) is 58.3 Å². The third-order valence-electron chi connectivity index (χ3n) is 3.68. The third-order valence-corrected chi connectivity index (χ3v) is 5.17. The molecule has 0 bridgehead atoms. The van der Waals surface area contributed by atoms with Crippen LogP contribution < -0.4 is 5.32 Å². The van der Waals surface area contributed by atoms with Gasteiger partial charge in [0, 0.05) is 22.6 Å². The van der Waals surface area contributed by atoms with Gasteiger partial charge in [0.15, 0.2) is 5.16 Å². The summed E-state index contributed by atoms with van der Waals surface area (Å²) in [6.45, 7) is 4.16. The van der Waals surface area contributed by atoms with Gasteiger partial charge in [-0.3, -0.25) is 9.36 Å². The van der Waals surface area contributed by atoms with Gasteiger partial charge in [0.2, 0.25) is 5.91 Å². The molecule has 1 N–H and O–H groups in total. The van der Waals surface area contributed by atoms with Crippen LogP contribution in [0.1, 0.15) is 11.1 Å². The number of anilines is 1. The lowest BCUT2D eigenvalue weighted by atomic mass is 10.1. The molecule has 1 amide bonds. The highest BCUT2D eigenvalue weighted by Crippen LogP contribution is 2.23. The largest absolute Gasteiger partial charge is 0.325 e. The van der Waals surface area contributed by atoms with Crippen LogP contribution in [0.25, 0.3) is 5.69 Å². The number of halogens is 1. The van der Waals surface area contributed by atoms with Crippen molar-refractivity contribution < 1.29 is 4.79 Å². The summed E-state index contributed by atoms with van der Waals surface area (Å²) in [5.41, 5.74) is 4.27. The molecule has 3 rings (SSSR count). The molecule has 1 heterocycles. The Hall–Kier alpha value is -2.05. The molecule has 0 aliphatic carbocycles. The first-order chi connectivity index (χ1) is 12.0. The van der Waals surface area contributed by atoms with Gasteiger partial charge in [-0.05, 0) is 49.7 Å². The number of aromatic nitrogens is 2. The van der Waals surface area contributed by atoms with E-state index in [0.717, 1.165) is 21.0 Å². The van der Waals surface area contributed by atoms with Crippen LogP contribution in [0, 0.1) is 13.8 Å². The first-order valence-electron chi connectivity index (χ1n) is 7.82. The van der Waals surface area contributed by atoms with Crippen molar-refractivity contribution in [3.63, 3.8) is 0 Å². The van der Waals surface area contributed by atoms with Crippen molar-refractivity contribution in [2.24, 2.45) is 0 Å². The van der Waals surface area contributed by atoms with E-state index in [1.54, 1.807) is 6.20 Å². The molecule has 4 nitrogen and oxygen atoms in total. The first-order valence-corrected chi connectivity index (χ1v) is 9.60. The van der Waals surface area contributed by atoms with Gasteiger partial charge in [-0.15, -0.1) is 0 Å². The summed E-state index contributed by atoms with van der Waals surface area (Å²) in [7, 11) is 0. The molecule has 0 radical (unpaired) electrons. The Morgan fingerprint density at radius 3 is 2.68 bits per heavy atom. The normalized spacial score (nSPS) is 10.7. The highest BCUT2D eigenvalue weighted by atomic mass is 79.9. The van der Waals surface area contributed by atoms with Crippen LogP contribution in [-0.4, -0.2) is 21.2 Å². The topological polar surface area (TPSA) is 46.9 Å². The fraction of sp³-hybridized carbons (Fsp3) is 0.158. The molecule has 1 aromatic heterocycles. The lowest BCUT2D eigenvalue weighted by molar-refractivity contribution is -0.113. The van der Waals surface area contributed by atoms with Crippen LogP contribution >= 0.6 is 27.7 Å². The van der Waals surface area contributed by atoms with E-state index in [0.29, 0.717) is 5.75 Å². The van der Waals surface area contributed by atoms with Crippen molar-refractivity contribution in [2.75, 3.05) is 11.1 Å². The molecule has 0 fully saturated rings. The zero-order valence-electron chi connectivity index (χ0n) is 14.0. The average Bonchev–Trinajstić information content (AvgIpc) is 3.03. The van der Waals surface area contributed by atoms with Crippen molar-refractivity contribution in [3.8, 4) is 5.69 Å². The number of carbonyl (C=O) groups is 1. The number of imidazole rings is 1. The summed E-state index contributed by atoms with van der Waals surface area (Å²) in [5.74, 6) is 0.250. The van der Waals surface area contributed by atoms with Gasteiger partial charge in [0.05, 0.1) is 11.4 Å². The van der Waals surface area contributed by atoms with E-state index in [1.807, 2.05) is 35.0 Å². The summed E-state index contributed by atoms with van der Waals surface area (Å²) >= 11 is 4.80. The van der Waals surface area contributed by atoms with E-state index in [4.69, 9.17) is 0 Å². The highest BCUT2D eigenvalue weighted by Gasteiger charge is 2.11. The molecule has 3 aromatic rings. The smallest absolute Gasteiger partial charge is 0.234 e. The third kappa shape index (κ3) is 4.52. The van der Waals surface area contributed by atoms with E-state index in [9.17, 15) is 4.79 Å². The molecular formula is C19H18BrN3OS. The number of aryl methyl sites for hydroxylation is 2. The van der Waals surface area contributed by atoms with Crippen molar-refractivity contribution in [3.05, 3.63) is 70.5 Å². The number of rotatable bonds is 5. The Morgan fingerprint density at radius 2 is 1.96 bits per heavy atom. The predicted molar refractivity (Wildman–Crippen MR) is 107 cm³/mol. The summed E-state index contributed by atoms with van der Waals surface area (Å²) < 4.78 is 3.00. The Balaban J connectivity index is 1.67. The number of hydrogen-bond acceptors (Lipinski definition) is 3. The zero-order chi connectivity index (χ0) is 17.8. The maximum atomic E-state index is 12.2. The zero-order valence-corrected chi connectivity index (χ0v) is 16.4. The van der Waals surface area contributed by atoms with Crippen LogP contribution in [0.4, 0.5) is 5.69 Å². The van der Waals surface area contributed by atoms with Crippen molar-refractivity contribution in [2.45, 2.75) is 19.0 Å². The fourth-order valence-electron chi connectivity index (χ4n) is 2.52. The fourth-order valence-corrected chi connectivity index (χ4v) is 3.55. The second-order valence-electron chi connectivity index (χ2n) is 5.71. The number of nitrogens with zero attached hydrogens (tertiary/aromatic N) is 2. The summed E-state index contributed by atoms with van der Waals surface area (Å²) in [4.78, 5) is 16.6. The summed E-state index contributed by atoms with van der Waals surface area (Å²) in [6, 6.07) is 13.8. The van der Waals surface area contributed by atoms with E-state index >= 15 is 0 Å². The van der Waals surface area contributed by atoms with E-state index in [-0.39, 0.29) is 5.91 Å². The number of benzene rings is 2. The molecule has 0 aliphatic heterocycles. The van der Waals surface area contributed by atoms with Crippen molar-refractivity contribution in [1.82, 2.24) is 9.55 Å². The second-order valence-corrected chi connectivity index (χ2v) is 7.57. The maximum absolute atomic E-state index is 12.2. The predicted octanol–water partition coefficient (Wildman–Crippen LogP) is 4.98. The first kappa shape index (κ1) is 17.8. The van der Waals surface area contributed by atoms with Gasteiger partial charge in [-0.25, -0.2) is 4.98 Å². The van der Waals surface area contributed by atoms with Crippen LogP contribution in [-0.2, 0) is 4.79 Å². The monoisotopic (exact) mass is 415 g/mol. The molecule has 0 saturated heterocycles. The minimum Gasteiger partial charge on any atom is -0.325 e. The summed E-state index contributed by atoms with van der Waals surface area (Å²) in [5, 5.41) is 3.70. The lowest BCUT2D eigenvalue weighted by Crippen LogP contribution is -2.14. The van der Waals surface area contributed by atoms with Gasteiger partial charge in [-0.1, -0.05) is 45.4 Å². The lowest BCUT2D eigenvalue weighted by Gasteiger charge is -2.11. The Bertz CT molecular complexity index is 890. The van der Waals surface area contributed by atoms with Crippen LogP contribution in [0.5, 0.6) is 0 Å². The van der Waals surface area contributed by atoms with Gasteiger partial charge in [0.25, 0.3) is 0 Å². The van der Waals surface area contributed by atoms with Crippen LogP contribution in [0.2, 0.25) is 0 Å². The quantitative estimate of drug-likeness (QED) is 0.597. The Morgan fingerprint density at radius 1 is 1.20 bits per heavy atom. The molecule has 2 aromatic carbocycles. The van der Waals surface area contributed by atoms with Crippen LogP contribution in [0.3, 0.4) is 0 Å². The van der Waals surface area contributed by atoms with E-state index < -0.39 is 0 Å². The number of hydrogen-bond donors (Lipinski definition) is 1. The number of nitrogens with one attached hydrogen (secondary N) is 1. The molecule has 0 saturated carbocycles. The molecule has 0 unspecified atom stereocenters. The Labute approximate surface area is 159 Å². The minimum atomic E-state index is -0.0532. The van der Waals surface area contributed by atoms with Gasteiger partial charge < -0.3 is 5.32 Å². The molecule has 0 aliphatic rings. The van der Waals surface area contributed by atoms with Crippen molar-refractivity contribution >= 4 is 39.3 Å². The number of thioether (sulfide) groups is 1.